The molecule has 29 heavy (non-hydrogen) atoms. The van der Waals surface area contributed by atoms with E-state index in [0.29, 0.717) is 23.0 Å². The number of nitrogens with one attached hydrogen (secondary N) is 1. The van der Waals surface area contributed by atoms with Crippen molar-refractivity contribution >= 4 is 17.3 Å². The van der Waals surface area contributed by atoms with Crippen molar-refractivity contribution in [3.05, 3.63) is 83.2 Å². The van der Waals surface area contributed by atoms with Gasteiger partial charge in [0.15, 0.2) is 0 Å². The minimum absolute atomic E-state index is 0.0996. The van der Waals surface area contributed by atoms with Gasteiger partial charge in [0.1, 0.15) is 17.3 Å². The van der Waals surface area contributed by atoms with Crippen LogP contribution in [0.3, 0.4) is 0 Å². The molecular weight excluding hydrogens is 370 g/mol. The Labute approximate surface area is 169 Å². The highest BCUT2D eigenvalue weighted by Gasteiger charge is 2.41. The summed E-state index contributed by atoms with van der Waals surface area (Å²) in [6.07, 6.45) is 3.74. The lowest BCUT2D eigenvalue weighted by molar-refractivity contribution is -0.114. The molecule has 1 N–H and O–H groups in total. The molecule has 0 bridgehead atoms. The van der Waals surface area contributed by atoms with E-state index in [-0.39, 0.29) is 23.0 Å². The molecule has 5 heteroatoms. The number of carbonyl (C=O) groups excluding carboxylic acids is 1. The fraction of sp³-hybridized carbons (Fsp3) is 0.292. The first-order valence-corrected chi connectivity index (χ1v) is 9.80. The fourth-order valence-corrected chi connectivity index (χ4v) is 3.93. The van der Waals surface area contributed by atoms with Crippen LogP contribution in [0.4, 0.5) is 20.2 Å². The van der Waals surface area contributed by atoms with Crippen LogP contribution in [0, 0.1) is 23.0 Å². The molecule has 0 saturated heterocycles. The summed E-state index contributed by atoms with van der Waals surface area (Å²) in [6.45, 7) is 6.62. The number of hydrogen-bond donors (Lipinski definition) is 1. The monoisotopic (exact) mass is 394 g/mol. The first-order valence-electron chi connectivity index (χ1n) is 9.80. The van der Waals surface area contributed by atoms with Crippen LogP contribution in [0.5, 0.6) is 0 Å². The zero-order valence-electron chi connectivity index (χ0n) is 16.8. The fourth-order valence-electron chi connectivity index (χ4n) is 3.93. The smallest absolute Gasteiger partial charge is 0.279 e. The standard InChI is InChI=1S/C24H24F2N2O/c1-24(2,3)15-4-13-21-20(14-15)22(27-18-9-5-16(25)6-10-18)23(29)28(21)19-11-7-17(26)8-12-19/h5-13,15,27H,4,14H2,1-3H3/t15-/m1/s1. The van der Waals surface area contributed by atoms with E-state index in [1.165, 1.54) is 24.3 Å². The molecule has 0 spiro atoms. The van der Waals surface area contributed by atoms with Gasteiger partial charge in [0.25, 0.3) is 5.91 Å². The molecule has 0 saturated carbocycles. The third-order valence-electron chi connectivity index (χ3n) is 5.74. The Kier molecular flexibility index (Phi) is 4.77. The highest BCUT2D eigenvalue weighted by Crippen LogP contribution is 2.46. The van der Waals surface area contributed by atoms with E-state index in [4.69, 9.17) is 0 Å². The van der Waals surface area contributed by atoms with Crippen LogP contribution in [0.2, 0.25) is 0 Å². The summed E-state index contributed by atoms with van der Waals surface area (Å²) in [5, 5.41) is 3.21. The molecule has 2 aromatic rings. The number of anilines is 2. The van der Waals surface area contributed by atoms with Gasteiger partial charge in [0.2, 0.25) is 0 Å². The third-order valence-corrected chi connectivity index (χ3v) is 5.74. The van der Waals surface area contributed by atoms with E-state index in [9.17, 15) is 13.6 Å². The van der Waals surface area contributed by atoms with Gasteiger partial charge in [0, 0.05) is 16.9 Å². The first kappa shape index (κ1) is 19.4. The van der Waals surface area contributed by atoms with Gasteiger partial charge in [-0.3, -0.25) is 9.69 Å². The maximum atomic E-state index is 13.4. The average Bonchev–Trinajstić information content (AvgIpc) is 2.95. The molecule has 0 fully saturated rings. The Balaban J connectivity index is 1.76. The lowest BCUT2D eigenvalue weighted by atomic mass is 9.72. The zero-order valence-corrected chi connectivity index (χ0v) is 16.8. The topological polar surface area (TPSA) is 32.3 Å². The number of fused-ring (bicyclic) bond motifs is 1. The SMILES string of the molecule is CC(C)(C)[C@@H]1CC=C2C(=C(Nc3ccc(F)cc3)C(=O)N2c2ccc(F)cc2)C1. The number of carbonyl (C=O) groups is 1. The van der Waals surface area contributed by atoms with Gasteiger partial charge >= 0.3 is 0 Å². The van der Waals surface area contributed by atoms with Crippen molar-refractivity contribution in [3.8, 4) is 0 Å². The lowest BCUT2D eigenvalue weighted by Gasteiger charge is -2.34. The normalized spacial score (nSPS) is 19.3. The molecule has 0 radical (unpaired) electrons. The summed E-state index contributed by atoms with van der Waals surface area (Å²) in [4.78, 5) is 15.0. The Morgan fingerprint density at radius 2 is 1.55 bits per heavy atom. The van der Waals surface area contributed by atoms with Gasteiger partial charge in [-0.05, 0) is 72.7 Å². The molecule has 1 aliphatic carbocycles. The van der Waals surface area contributed by atoms with Gasteiger partial charge < -0.3 is 5.32 Å². The predicted octanol–water partition coefficient (Wildman–Crippen LogP) is 6.02. The van der Waals surface area contributed by atoms with Crippen molar-refractivity contribution in [3.63, 3.8) is 0 Å². The number of halogens is 2. The molecule has 3 nitrogen and oxygen atoms in total. The van der Waals surface area contributed by atoms with Gasteiger partial charge in [-0.1, -0.05) is 26.8 Å². The first-order chi connectivity index (χ1) is 13.7. The van der Waals surface area contributed by atoms with Crippen molar-refractivity contribution in [2.45, 2.75) is 33.6 Å². The molecule has 1 atom stereocenters. The summed E-state index contributed by atoms with van der Waals surface area (Å²) in [5.74, 6) is -0.461. The average molecular weight is 394 g/mol. The minimum atomic E-state index is -0.344. The summed E-state index contributed by atoms with van der Waals surface area (Å²) in [6, 6.07) is 11.9. The zero-order chi connectivity index (χ0) is 20.8. The molecule has 1 amide bonds. The number of amides is 1. The molecule has 2 aliphatic rings. The van der Waals surface area contributed by atoms with E-state index in [1.807, 2.05) is 0 Å². The van der Waals surface area contributed by atoms with Crippen molar-refractivity contribution in [2.24, 2.45) is 11.3 Å². The van der Waals surface area contributed by atoms with E-state index >= 15 is 0 Å². The van der Waals surface area contributed by atoms with Gasteiger partial charge in [-0.2, -0.15) is 0 Å². The van der Waals surface area contributed by atoms with Crippen LogP contribution < -0.4 is 10.2 Å². The Morgan fingerprint density at radius 3 is 2.14 bits per heavy atom. The second kappa shape index (κ2) is 7.14. The van der Waals surface area contributed by atoms with E-state index in [1.54, 1.807) is 29.2 Å². The van der Waals surface area contributed by atoms with Crippen LogP contribution in [0.25, 0.3) is 0 Å². The van der Waals surface area contributed by atoms with Crippen LogP contribution >= 0.6 is 0 Å². The highest BCUT2D eigenvalue weighted by atomic mass is 19.1. The molecule has 0 unspecified atom stereocenters. The Hall–Kier alpha value is -2.95. The van der Waals surface area contributed by atoms with Crippen LogP contribution in [-0.2, 0) is 4.79 Å². The van der Waals surface area contributed by atoms with Crippen molar-refractivity contribution in [1.29, 1.82) is 0 Å². The molecule has 150 valence electrons. The van der Waals surface area contributed by atoms with Gasteiger partial charge in [-0.25, -0.2) is 8.78 Å². The Morgan fingerprint density at radius 1 is 0.966 bits per heavy atom. The molecule has 2 aromatic carbocycles. The quantitative estimate of drug-likeness (QED) is 0.691. The summed E-state index contributed by atoms with van der Waals surface area (Å²) in [7, 11) is 0. The summed E-state index contributed by atoms with van der Waals surface area (Å²) >= 11 is 0. The number of rotatable bonds is 3. The van der Waals surface area contributed by atoms with Crippen LogP contribution in [0.15, 0.2) is 71.6 Å². The summed E-state index contributed by atoms with van der Waals surface area (Å²) in [5.41, 5.74) is 3.69. The molecule has 4 rings (SSSR count). The van der Waals surface area contributed by atoms with Crippen molar-refractivity contribution < 1.29 is 13.6 Å². The Bertz CT molecular complexity index is 999. The minimum Gasteiger partial charge on any atom is -0.351 e. The second-order valence-electron chi connectivity index (χ2n) is 8.69. The molecule has 1 aliphatic heterocycles. The number of nitrogens with zero attached hydrogens (tertiary/aromatic N) is 1. The van der Waals surface area contributed by atoms with Gasteiger partial charge in [-0.15, -0.1) is 0 Å². The lowest BCUT2D eigenvalue weighted by Crippen LogP contribution is -2.29. The summed E-state index contributed by atoms with van der Waals surface area (Å²) < 4.78 is 26.7. The van der Waals surface area contributed by atoms with Crippen LogP contribution in [-0.4, -0.2) is 5.91 Å². The third kappa shape index (κ3) is 3.69. The van der Waals surface area contributed by atoms with E-state index in [0.717, 1.165) is 24.1 Å². The maximum Gasteiger partial charge on any atom is 0.279 e. The molecule has 1 heterocycles. The second-order valence-corrected chi connectivity index (χ2v) is 8.69. The van der Waals surface area contributed by atoms with Crippen LogP contribution in [0.1, 0.15) is 33.6 Å². The van der Waals surface area contributed by atoms with E-state index < -0.39 is 0 Å². The predicted molar refractivity (Wildman–Crippen MR) is 111 cm³/mol. The maximum absolute atomic E-state index is 13.4. The largest absolute Gasteiger partial charge is 0.351 e. The molecular formula is C24H24F2N2O. The number of allylic oxidation sites excluding steroid dienone is 2. The van der Waals surface area contributed by atoms with Crippen molar-refractivity contribution in [1.82, 2.24) is 0 Å². The van der Waals surface area contributed by atoms with Gasteiger partial charge in [0.05, 0.1) is 5.70 Å². The number of hydrogen-bond acceptors (Lipinski definition) is 2. The van der Waals surface area contributed by atoms with Crippen molar-refractivity contribution in [2.75, 3.05) is 10.2 Å². The number of benzene rings is 2. The highest BCUT2D eigenvalue weighted by molar-refractivity contribution is 6.15. The van der Waals surface area contributed by atoms with E-state index in [2.05, 4.69) is 32.2 Å². The molecule has 0 aromatic heterocycles.